The van der Waals surface area contributed by atoms with E-state index in [9.17, 15) is 13.2 Å². The third-order valence-corrected chi connectivity index (χ3v) is 3.33. The molecule has 19 heavy (non-hydrogen) atoms. The molecule has 1 heterocycles. The predicted molar refractivity (Wildman–Crippen MR) is 67.6 cm³/mol. The van der Waals surface area contributed by atoms with Crippen molar-refractivity contribution < 1.29 is 13.2 Å². The average molecular weight is 325 g/mol. The first-order valence-electron chi connectivity index (χ1n) is 4.90. The Labute approximate surface area is 121 Å². The van der Waals surface area contributed by atoms with E-state index >= 15 is 0 Å². The molecule has 0 aliphatic rings. The molecular formula is C11H5Cl2F3N2S. The number of hydrogen-bond donors (Lipinski definition) is 0. The molecule has 8 heteroatoms. The number of hydrogen-bond acceptors (Lipinski definition) is 3. The van der Waals surface area contributed by atoms with Gasteiger partial charge < -0.3 is 0 Å². The summed E-state index contributed by atoms with van der Waals surface area (Å²) in [6.45, 7) is 0. The van der Waals surface area contributed by atoms with E-state index in [0.717, 1.165) is 11.8 Å². The van der Waals surface area contributed by atoms with Gasteiger partial charge in [0.2, 0.25) is 5.82 Å². The minimum atomic E-state index is -4.62. The Balaban J connectivity index is 2.30. The average Bonchev–Trinajstić information content (AvgIpc) is 2.30. The molecule has 0 aliphatic heterocycles. The van der Waals surface area contributed by atoms with Crippen molar-refractivity contribution in [3.63, 3.8) is 0 Å². The number of rotatable bonds is 2. The maximum Gasteiger partial charge on any atom is 0.451 e. The summed E-state index contributed by atoms with van der Waals surface area (Å²) in [5.74, 6) is -1.25. The van der Waals surface area contributed by atoms with E-state index in [1.165, 1.54) is 6.07 Å². The van der Waals surface area contributed by atoms with E-state index in [-0.39, 0.29) is 10.2 Å². The first kappa shape index (κ1) is 14.4. The highest BCUT2D eigenvalue weighted by atomic mass is 35.5. The lowest BCUT2D eigenvalue weighted by molar-refractivity contribution is -0.145. The molecule has 100 valence electrons. The summed E-state index contributed by atoms with van der Waals surface area (Å²) in [6.07, 6.45) is -4.62. The summed E-state index contributed by atoms with van der Waals surface area (Å²) in [5, 5.41) is 0.412. The van der Waals surface area contributed by atoms with Gasteiger partial charge in [0.25, 0.3) is 0 Å². The van der Waals surface area contributed by atoms with Crippen LogP contribution in [-0.4, -0.2) is 9.97 Å². The highest BCUT2D eigenvalue weighted by Gasteiger charge is 2.35. The molecule has 2 aromatic rings. The molecule has 0 aliphatic carbocycles. The summed E-state index contributed by atoms with van der Waals surface area (Å²) < 4.78 is 37.6. The molecule has 0 atom stereocenters. The lowest BCUT2D eigenvalue weighted by Gasteiger charge is -2.07. The van der Waals surface area contributed by atoms with Gasteiger partial charge in [-0.25, -0.2) is 9.97 Å². The van der Waals surface area contributed by atoms with Crippen molar-refractivity contribution in [2.45, 2.75) is 16.1 Å². The number of aromatic nitrogens is 2. The fraction of sp³-hybridized carbons (Fsp3) is 0.0909. The first-order valence-corrected chi connectivity index (χ1v) is 6.47. The number of alkyl halides is 3. The van der Waals surface area contributed by atoms with Gasteiger partial charge in [0, 0.05) is 16.0 Å². The molecular weight excluding hydrogens is 320 g/mol. The van der Waals surface area contributed by atoms with Crippen LogP contribution in [0.5, 0.6) is 0 Å². The minimum absolute atomic E-state index is 0.120. The van der Waals surface area contributed by atoms with Gasteiger partial charge in [-0.2, -0.15) is 13.2 Å². The zero-order valence-electron chi connectivity index (χ0n) is 9.08. The monoisotopic (exact) mass is 324 g/mol. The minimum Gasteiger partial charge on any atom is -0.217 e. The van der Waals surface area contributed by atoms with E-state index in [4.69, 9.17) is 23.2 Å². The van der Waals surface area contributed by atoms with Gasteiger partial charge in [-0.3, -0.25) is 0 Å². The zero-order valence-corrected chi connectivity index (χ0v) is 11.4. The summed E-state index contributed by atoms with van der Waals surface area (Å²) in [5.41, 5.74) is 0. The molecule has 0 saturated heterocycles. The van der Waals surface area contributed by atoms with Crippen molar-refractivity contribution in [3.8, 4) is 0 Å². The number of halogens is 5. The number of benzene rings is 1. The molecule has 2 rings (SSSR count). The normalized spacial score (nSPS) is 11.6. The van der Waals surface area contributed by atoms with Crippen molar-refractivity contribution in [2.24, 2.45) is 0 Å². The van der Waals surface area contributed by atoms with Gasteiger partial charge in [-0.15, -0.1) is 0 Å². The van der Waals surface area contributed by atoms with Gasteiger partial charge in [-0.05, 0) is 24.3 Å². The van der Waals surface area contributed by atoms with Gasteiger partial charge in [0.05, 0.1) is 0 Å². The molecule has 0 spiro atoms. The van der Waals surface area contributed by atoms with E-state index < -0.39 is 12.0 Å². The van der Waals surface area contributed by atoms with E-state index in [1.807, 2.05) is 0 Å². The summed E-state index contributed by atoms with van der Waals surface area (Å²) in [7, 11) is 0. The molecule has 0 unspecified atom stereocenters. The van der Waals surface area contributed by atoms with Gasteiger partial charge in [0.1, 0.15) is 10.2 Å². The summed E-state index contributed by atoms with van der Waals surface area (Å²) in [6, 6.07) is 7.90. The second-order valence-corrected chi connectivity index (χ2v) is 5.32. The van der Waals surface area contributed by atoms with E-state index in [0.29, 0.717) is 9.92 Å². The van der Waals surface area contributed by atoms with Crippen molar-refractivity contribution in [1.29, 1.82) is 0 Å². The van der Waals surface area contributed by atoms with Crippen LogP contribution in [0, 0.1) is 0 Å². The number of nitrogens with zero attached hydrogens (tertiary/aromatic N) is 2. The Hall–Kier alpha value is -0.980. The Morgan fingerprint density at radius 3 is 2.21 bits per heavy atom. The molecule has 2 nitrogen and oxygen atoms in total. The summed E-state index contributed by atoms with van der Waals surface area (Å²) in [4.78, 5) is 7.29. The molecule has 0 N–H and O–H groups in total. The van der Waals surface area contributed by atoms with Crippen molar-refractivity contribution in [1.82, 2.24) is 9.97 Å². The van der Waals surface area contributed by atoms with Crippen LogP contribution in [0.15, 0.2) is 40.3 Å². The Bertz CT molecular complexity index is 587. The molecule has 1 aromatic heterocycles. The topological polar surface area (TPSA) is 25.8 Å². The van der Waals surface area contributed by atoms with Crippen LogP contribution in [0.3, 0.4) is 0 Å². The van der Waals surface area contributed by atoms with Crippen LogP contribution in [-0.2, 0) is 6.18 Å². The second-order valence-electron chi connectivity index (χ2n) is 3.41. The highest BCUT2D eigenvalue weighted by Crippen LogP contribution is 2.32. The third-order valence-electron chi connectivity index (χ3n) is 1.96. The smallest absolute Gasteiger partial charge is 0.217 e. The standard InChI is InChI=1S/C11H5Cl2F3N2S/c12-6-1-3-7(4-2-6)19-9-5-8(13)17-10(18-9)11(14,15)16/h1-5H. The molecule has 1 aromatic carbocycles. The lowest BCUT2D eigenvalue weighted by Crippen LogP contribution is -2.11. The van der Waals surface area contributed by atoms with E-state index in [1.54, 1.807) is 24.3 Å². The predicted octanol–water partition coefficient (Wildman–Crippen LogP) is 4.95. The largest absolute Gasteiger partial charge is 0.451 e. The fourth-order valence-electron chi connectivity index (χ4n) is 1.20. The van der Waals surface area contributed by atoms with Crippen LogP contribution in [0.2, 0.25) is 10.2 Å². The fourth-order valence-corrected chi connectivity index (χ4v) is 2.39. The first-order chi connectivity index (χ1) is 8.84. The Kier molecular flexibility index (Phi) is 4.23. The Morgan fingerprint density at radius 1 is 1.00 bits per heavy atom. The maximum atomic E-state index is 12.5. The SMILES string of the molecule is FC(F)(F)c1nc(Cl)cc(Sc2ccc(Cl)cc2)n1. The Morgan fingerprint density at radius 2 is 1.63 bits per heavy atom. The molecule has 0 saturated carbocycles. The molecule has 0 fully saturated rings. The molecule has 0 bridgehead atoms. The quantitative estimate of drug-likeness (QED) is 0.731. The van der Waals surface area contributed by atoms with Gasteiger partial charge >= 0.3 is 6.18 Å². The van der Waals surface area contributed by atoms with E-state index in [2.05, 4.69) is 9.97 Å². The van der Waals surface area contributed by atoms with Gasteiger partial charge in [0.15, 0.2) is 0 Å². The highest BCUT2D eigenvalue weighted by molar-refractivity contribution is 7.99. The van der Waals surface area contributed by atoms with Crippen molar-refractivity contribution in [3.05, 3.63) is 46.3 Å². The van der Waals surface area contributed by atoms with Crippen LogP contribution >= 0.6 is 35.0 Å². The van der Waals surface area contributed by atoms with Gasteiger partial charge in [-0.1, -0.05) is 35.0 Å². The zero-order chi connectivity index (χ0) is 14.0. The van der Waals surface area contributed by atoms with Crippen LogP contribution in [0.1, 0.15) is 5.82 Å². The van der Waals surface area contributed by atoms with Crippen LogP contribution < -0.4 is 0 Å². The second kappa shape index (κ2) is 5.56. The van der Waals surface area contributed by atoms with Crippen molar-refractivity contribution >= 4 is 35.0 Å². The maximum absolute atomic E-state index is 12.5. The molecule has 0 radical (unpaired) electrons. The van der Waals surface area contributed by atoms with Crippen LogP contribution in [0.4, 0.5) is 13.2 Å². The summed E-state index contributed by atoms with van der Waals surface area (Å²) >= 11 is 12.3. The van der Waals surface area contributed by atoms with Crippen LogP contribution in [0.25, 0.3) is 0 Å². The molecule has 0 amide bonds. The van der Waals surface area contributed by atoms with Crippen molar-refractivity contribution in [2.75, 3.05) is 0 Å². The lowest BCUT2D eigenvalue weighted by atomic mass is 10.4. The third kappa shape index (κ3) is 3.99.